The van der Waals surface area contributed by atoms with Crippen LogP contribution in [0.25, 0.3) is 22.4 Å². The highest BCUT2D eigenvalue weighted by atomic mass is 35.5. The fraction of sp³-hybridized carbons (Fsp3) is 0.190. The van der Waals surface area contributed by atoms with Crippen LogP contribution in [0.1, 0.15) is 31.9 Å². The molecule has 0 radical (unpaired) electrons. The summed E-state index contributed by atoms with van der Waals surface area (Å²) >= 11 is 7.36. The zero-order valence-corrected chi connectivity index (χ0v) is 16.8. The Morgan fingerprint density at radius 2 is 1.85 bits per heavy atom. The highest BCUT2D eigenvalue weighted by Gasteiger charge is 2.14. The molecule has 4 rings (SSSR count). The molecule has 0 N–H and O–H groups in total. The van der Waals surface area contributed by atoms with E-state index >= 15 is 0 Å². The van der Waals surface area contributed by atoms with Crippen LogP contribution in [-0.4, -0.2) is 14.6 Å². The molecule has 0 aliphatic heterocycles. The van der Waals surface area contributed by atoms with Crippen LogP contribution in [0.2, 0.25) is 5.02 Å². The van der Waals surface area contributed by atoms with Crippen molar-refractivity contribution in [3.63, 3.8) is 0 Å². The second-order valence-electron chi connectivity index (χ2n) is 7.43. The Hall–Kier alpha value is -2.50. The topological polar surface area (TPSA) is 47.3 Å². The minimum atomic E-state index is -0.157. The lowest BCUT2D eigenvalue weighted by Gasteiger charge is -2.18. The molecule has 6 heteroatoms. The number of rotatable bonds is 2. The molecule has 4 nitrogen and oxygen atoms in total. The molecule has 136 valence electrons. The standard InChI is InChI=1S/C21H18ClN3OS/c1-21(2,3)15-9-7-13(8-10-15)11-17-19(26)25-20(27-17)23-18(24-25)14-5-4-6-16(22)12-14/h4-12H,1-3H3/b17-11-. The van der Waals surface area contributed by atoms with Crippen LogP contribution < -0.4 is 10.1 Å². The van der Waals surface area contributed by atoms with Crippen LogP contribution in [0.3, 0.4) is 0 Å². The van der Waals surface area contributed by atoms with E-state index in [1.54, 1.807) is 12.1 Å². The molecule has 0 aliphatic carbocycles. The van der Waals surface area contributed by atoms with Crippen molar-refractivity contribution < 1.29 is 0 Å². The van der Waals surface area contributed by atoms with Gasteiger partial charge in [-0.1, -0.05) is 80.1 Å². The largest absolute Gasteiger partial charge is 0.291 e. The predicted molar refractivity (Wildman–Crippen MR) is 112 cm³/mol. The van der Waals surface area contributed by atoms with E-state index in [1.165, 1.54) is 21.4 Å². The highest BCUT2D eigenvalue weighted by molar-refractivity contribution is 7.15. The van der Waals surface area contributed by atoms with E-state index in [1.807, 2.05) is 30.3 Å². The smallest absolute Gasteiger partial charge is 0.266 e. The Balaban J connectivity index is 1.73. The summed E-state index contributed by atoms with van der Waals surface area (Å²) in [6.45, 7) is 6.54. The lowest BCUT2D eigenvalue weighted by Crippen LogP contribution is -2.23. The van der Waals surface area contributed by atoms with Gasteiger partial charge in [-0.3, -0.25) is 4.79 Å². The summed E-state index contributed by atoms with van der Waals surface area (Å²) in [6, 6.07) is 15.6. The maximum atomic E-state index is 12.7. The Labute approximate surface area is 165 Å². The number of fused-ring (bicyclic) bond motifs is 1. The lowest BCUT2D eigenvalue weighted by atomic mass is 9.87. The van der Waals surface area contributed by atoms with Crippen LogP contribution in [0.15, 0.2) is 53.3 Å². The van der Waals surface area contributed by atoms with Gasteiger partial charge in [0.25, 0.3) is 5.56 Å². The first-order valence-electron chi connectivity index (χ1n) is 8.59. The Kier molecular flexibility index (Phi) is 4.36. The van der Waals surface area contributed by atoms with Gasteiger partial charge in [0.2, 0.25) is 4.96 Å². The van der Waals surface area contributed by atoms with Crippen molar-refractivity contribution in [1.29, 1.82) is 0 Å². The first-order valence-corrected chi connectivity index (χ1v) is 9.78. The molecule has 0 unspecified atom stereocenters. The van der Waals surface area contributed by atoms with Crippen molar-refractivity contribution in [3.8, 4) is 11.4 Å². The van der Waals surface area contributed by atoms with E-state index in [9.17, 15) is 4.79 Å². The van der Waals surface area contributed by atoms with Gasteiger partial charge in [-0.15, -0.1) is 5.10 Å². The number of halogens is 1. The molecule has 0 fully saturated rings. The molecule has 0 spiro atoms. The molecule has 0 amide bonds. The van der Waals surface area contributed by atoms with Gasteiger partial charge in [-0.25, -0.2) is 0 Å². The molecule has 2 aromatic carbocycles. The van der Waals surface area contributed by atoms with E-state index in [0.717, 1.165) is 11.1 Å². The summed E-state index contributed by atoms with van der Waals surface area (Å²) in [5.41, 5.74) is 2.99. The summed E-state index contributed by atoms with van der Waals surface area (Å²) in [4.78, 5) is 17.7. The fourth-order valence-corrected chi connectivity index (χ4v) is 3.91. The van der Waals surface area contributed by atoms with Crippen molar-refractivity contribution in [1.82, 2.24) is 14.6 Å². The Bertz CT molecular complexity index is 1230. The summed E-state index contributed by atoms with van der Waals surface area (Å²) < 4.78 is 1.97. The number of hydrogen-bond donors (Lipinski definition) is 0. The summed E-state index contributed by atoms with van der Waals surface area (Å²) in [5, 5.41) is 4.97. The number of hydrogen-bond acceptors (Lipinski definition) is 4. The molecular weight excluding hydrogens is 378 g/mol. The maximum absolute atomic E-state index is 12.7. The normalized spacial score (nSPS) is 12.8. The summed E-state index contributed by atoms with van der Waals surface area (Å²) in [6.07, 6.45) is 1.88. The van der Waals surface area contributed by atoms with E-state index in [4.69, 9.17) is 11.6 Å². The SMILES string of the molecule is CC(C)(C)c1ccc(/C=c2\sc3nc(-c4cccc(Cl)c4)nn3c2=O)cc1. The molecule has 0 saturated heterocycles. The van der Waals surface area contributed by atoms with E-state index in [-0.39, 0.29) is 11.0 Å². The van der Waals surface area contributed by atoms with Gasteiger partial charge < -0.3 is 0 Å². The number of aromatic nitrogens is 3. The molecule has 0 aliphatic rings. The predicted octanol–water partition coefficient (Wildman–Crippen LogP) is 4.32. The fourth-order valence-electron chi connectivity index (χ4n) is 2.81. The first kappa shape index (κ1) is 17.9. The van der Waals surface area contributed by atoms with Crippen LogP contribution in [0, 0.1) is 0 Å². The Morgan fingerprint density at radius 3 is 2.48 bits per heavy atom. The minimum Gasteiger partial charge on any atom is -0.266 e. The third-order valence-corrected chi connectivity index (χ3v) is 5.53. The van der Waals surface area contributed by atoms with E-state index in [0.29, 0.717) is 20.3 Å². The molecule has 4 aromatic rings. The zero-order valence-electron chi connectivity index (χ0n) is 15.2. The van der Waals surface area contributed by atoms with Crippen LogP contribution in [0.5, 0.6) is 0 Å². The van der Waals surface area contributed by atoms with Gasteiger partial charge in [-0.05, 0) is 34.8 Å². The van der Waals surface area contributed by atoms with Gasteiger partial charge in [-0.2, -0.15) is 9.50 Å². The molecule has 27 heavy (non-hydrogen) atoms. The Morgan fingerprint density at radius 1 is 1.11 bits per heavy atom. The highest BCUT2D eigenvalue weighted by Crippen LogP contribution is 2.23. The lowest BCUT2D eigenvalue weighted by molar-refractivity contribution is 0.590. The average molecular weight is 396 g/mol. The van der Waals surface area contributed by atoms with Crippen molar-refractivity contribution in [2.75, 3.05) is 0 Å². The van der Waals surface area contributed by atoms with Gasteiger partial charge in [0.15, 0.2) is 5.82 Å². The van der Waals surface area contributed by atoms with Crippen LogP contribution in [-0.2, 0) is 5.41 Å². The molecule has 0 atom stereocenters. The average Bonchev–Trinajstić information content (AvgIpc) is 3.15. The molecular formula is C21H18ClN3OS. The van der Waals surface area contributed by atoms with Crippen molar-refractivity contribution in [2.24, 2.45) is 0 Å². The molecule has 0 saturated carbocycles. The molecule has 2 aromatic heterocycles. The second kappa shape index (κ2) is 6.59. The first-order chi connectivity index (χ1) is 12.8. The van der Waals surface area contributed by atoms with Crippen molar-refractivity contribution in [2.45, 2.75) is 26.2 Å². The number of thiazole rings is 1. The van der Waals surface area contributed by atoms with Crippen LogP contribution in [0.4, 0.5) is 0 Å². The minimum absolute atomic E-state index is 0.104. The quantitative estimate of drug-likeness (QED) is 0.508. The summed E-state index contributed by atoms with van der Waals surface area (Å²) in [7, 11) is 0. The van der Waals surface area contributed by atoms with Gasteiger partial charge in [0.05, 0.1) is 4.53 Å². The van der Waals surface area contributed by atoms with Crippen molar-refractivity contribution >= 4 is 34.0 Å². The summed E-state index contributed by atoms with van der Waals surface area (Å²) in [5.74, 6) is 0.502. The zero-order chi connectivity index (χ0) is 19.2. The third-order valence-electron chi connectivity index (χ3n) is 4.34. The maximum Gasteiger partial charge on any atom is 0.291 e. The monoisotopic (exact) mass is 395 g/mol. The van der Waals surface area contributed by atoms with E-state index < -0.39 is 0 Å². The van der Waals surface area contributed by atoms with E-state index in [2.05, 4.69) is 43.0 Å². The number of benzene rings is 2. The second-order valence-corrected chi connectivity index (χ2v) is 8.87. The molecule has 2 heterocycles. The van der Waals surface area contributed by atoms with Crippen molar-refractivity contribution in [3.05, 3.63) is 79.6 Å². The van der Waals surface area contributed by atoms with Crippen LogP contribution >= 0.6 is 22.9 Å². The van der Waals surface area contributed by atoms with Gasteiger partial charge in [0, 0.05) is 10.6 Å². The van der Waals surface area contributed by atoms with Gasteiger partial charge in [0.1, 0.15) is 0 Å². The molecule has 0 bridgehead atoms. The number of nitrogens with zero attached hydrogens (tertiary/aromatic N) is 3. The van der Waals surface area contributed by atoms with Gasteiger partial charge >= 0.3 is 0 Å². The third kappa shape index (κ3) is 3.53.